The number of carbonyl (C=O) groups excluding carboxylic acids is 1. The van der Waals surface area contributed by atoms with Crippen molar-refractivity contribution in [1.29, 1.82) is 0 Å². The van der Waals surface area contributed by atoms with Crippen LogP contribution in [0.15, 0.2) is 0 Å². The van der Waals surface area contributed by atoms with Gasteiger partial charge in [0.15, 0.2) is 0 Å². The smallest absolute Gasteiger partial charge is 0.218 e. The summed E-state index contributed by atoms with van der Waals surface area (Å²) in [5.74, 6) is 1.000. The predicted molar refractivity (Wildman–Crippen MR) is 52.9 cm³/mol. The molecule has 3 heteroatoms. The van der Waals surface area contributed by atoms with E-state index >= 15 is 0 Å². The van der Waals surface area contributed by atoms with Crippen LogP contribution in [-0.2, 0) is 4.79 Å². The Bertz CT molecular complexity index is 182. The van der Waals surface area contributed by atoms with Gasteiger partial charge in [0, 0.05) is 12.5 Å². The molecule has 0 saturated heterocycles. The third kappa shape index (κ3) is 3.35. The lowest BCUT2D eigenvalue weighted by molar-refractivity contribution is -0.118. The van der Waals surface area contributed by atoms with Crippen LogP contribution in [0.25, 0.3) is 0 Å². The SMILES string of the molecule is CC1CCCC([C@@H](N)CC(N)=O)C1. The summed E-state index contributed by atoms with van der Waals surface area (Å²) in [4.78, 5) is 10.7. The lowest BCUT2D eigenvalue weighted by Gasteiger charge is -2.30. The molecular weight excluding hydrogens is 164 g/mol. The van der Waals surface area contributed by atoms with Crippen LogP contribution in [0.5, 0.6) is 0 Å². The second-order valence-corrected chi connectivity index (χ2v) is 4.37. The first-order valence-corrected chi connectivity index (χ1v) is 5.13. The number of hydrogen-bond donors (Lipinski definition) is 2. The third-order valence-corrected chi connectivity index (χ3v) is 3.02. The molecule has 1 rings (SSSR count). The fourth-order valence-corrected chi connectivity index (χ4v) is 2.27. The summed E-state index contributed by atoms with van der Waals surface area (Å²) in [5, 5.41) is 0. The Morgan fingerprint density at radius 2 is 2.23 bits per heavy atom. The van der Waals surface area contributed by atoms with Gasteiger partial charge in [0.05, 0.1) is 0 Å². The van der Waals surface area contributed by atoms with Gasteiger partial charge in [-0.1, -0.05) is 19.8 Å². The zero-order chi connectivity index (χ0) is 9.84. The number of primary amides is 1. The molecule has 0 radical (unpaired) electrons. The van der Waals surface area contributed by atoms with Gasteiger partial charge in [0.25, 0.3) is 0 Å². The molecule has 0 aromatic rings. The molecule has 0 bridgehead atoms. The van der Waals surface area contributed by atoms with Gasteiger partial charge >= 0.3 is 0 Å². The van der Waals surface area contributed by atoms with Crippen LogP contribution in [0.1, 0.15) is 39.0 Å². The fraction of sp³-hybridized carbons (Fsp3) is 0.900. The van der Waals surface area contributed by atoms with Crippen molar-refractivity contribution in [3.05, 3.63) is 0 Å². The summed E-state index contributed by atoms with van der Waals surface area (Å²) in [6.45, 7) is 2.25. The molecule has 4 N–H and O–H groups in total. The minimum Gasteiger partial charge on any atom is -0.370 e. The van der Waals surface area contributed by atoms with E-state index in [2.05, 4.69) is 6.92 Å². The Hall–Kier alpha value is -0.570. The Kier molecular flexibility index (Phi) is 3.72. The standard InChI is InChI=1S/C10H20N2O/c1-7-3-2-4-8(5-7)9(11)6-10(12)13/h7-9H,2-6,11H2,1H3,(H2,12,13)/t7?,8?,9-/m0/s1. The summed E-state index contributed by atoms with van der Waals surface area (Å²) in [6.07, 6.45) is 5.22. The van der Waals surface area contributed by atoms with Gasteiger partial charge in [-0.25, -0.2) is 0 Å². The minimum absolute atomic E-state index is 0.0137. The molecule has 1 fully saturated rings. The molecule has 76 valence electrons. The van der Waals surface area contributed by atoms with Crippen molar-refractivity contribution in [3.63, 3.8) is 0 Å². The summed E-state index contributed by atoms with van der Waals surface area (Å²) < 4.78 is 0. The lowest BCUT2D eigenvalue weighted by Crippen LogP contribution is -2.36. The quantitative estimate of drug-likeness (QED) is 0.687. The largest absolute Gasteiger partial charge is 0.370 e. The summed E-state index contributed by atoms with van der Waals surface area (Å²) in [5.41, 5.74) is 11.0. The van der Waals surface area contributed by atoms with E-state index < -0.39 is 0 Å². The van der Waals surface area contributed by atoms with Gasteiger partial charge in [-0.2, -0.15) is 0 Å². The Labute approximate surface area is 79.9 Å². The number of carbonyl (C=O) groups is 1. The zero-order valence-electron chi connectivity index (χ0n) is 8.33. The second kappa shape index (κ2) is 4.61. The average molecular weight is 184 g/mol. The molecule has 2 unspecified atom stereocenters. The number of nitrogens with two attached hydrogens (primary N) is 2. The fourth-order valence-electron chi connectivity index (χ4n) is 2.27. The maximum Gasteiger partial charge on any atom is 0.218 e. The highest BCUT2D eigenvalue weighted by atomic mass is 16.1. The Balaban J connectivity index is 2.36. The van der Waals surface area contributed by atoms with Crippen molar-refractivity contribution in [1.82, 2.24) is 0 Å². The van der Waals surface area contributed by atoms with Gasteiger partial charge in [-0.15, -0.1) is 0 Å². The monoisotopic (exact) mass is 184 g/mol. The first-order chi connectivity index (χ1) is 6.09. The van der Waals surface area contributed by atoms with Crippen molar-refractivity contribution in [2.24, 2.45) is 23.3 Å². The van der Waals surface area contributed by atoms with Crippen LogP contribution in [0, 0.1) is 11.8 Å². The van der Waals surface area contributed by atoms with E-state index in [4.69, 9.17) is 11.5 Å². The van der Waals surface area contributed by atoms with Gasteiger partial charge in [0.2, 0.25) is 5.91 Å². The number of hydrogen-bond acceptors (Lipinski definition) is 2. The highest BCUT2D eigenvalue weighted by Gasteiger charge is 2.24. The maximum atomic E-state index is 10.7. The molecule has 0 aliphatic heterocycles. The van der Waals surface area contributed by atoms with E-state index in [9.17, 15) is 4.79 Å². The normalized spacial score (nSPS) is 31.2. The number of amides is 1. The molecule has 3 nitrogen and oxygen atoms in total. The minimum atomic E-state index is -0.272. The van der Waals surface area contributed by atoms with Crippen molar-refractivity contribution in [2.75, 3.05) is 0 Å². The van der Waals surface area contributed by atoms with Gasteiger partial charge < -0.3 is 11.5 Å². The van der Waals surface area contributed by atoms with E-state index in [-0.39, 0.29) is 11.9 Å². The van der Waals surface area contributed by atoms with E-state index in [0.717, 1.165) is 12.3 Å². The van der Waals surface area contributed by atoms with Gasteiger partial charge in [-0.05, 0) is 24.7 Å². The zero-order valence-corrected chi connectivity index (χ0v) is 8.33. The molecule has 3 atom stereocenters. The van der Waals surface area contributed by atoms with Crippen molar-refractivity contribution >= 4 is 5.91 Å². The van der Waals surface area contributed by atoms with Crippen molar-refractivity contribution in [2.45, 2.75) is 45.1 Å². The Morgan fingerprint density at radius 1 is 1.54 bits per heavy atom. The molecule has 1 aliphatic carbocycles. The molecule has 1 aliphatic rings. The first-order valence-electron chi connectivity index (χ1n) is 5.13. The van der Waals surface area contributed by atoms with Crippen LogP contribution >= 0.6 is 0 Å². The predicted octanol–water partition coefficient (Wildman–Crippen LogP) is 1.02. The molecule has 0 aromatic carbocycles. The number of rotatable bonds is 3. The van der Waals surface area contributed by atoms with Crippen LogP contribution in [0.2, 0.25) is 0 Å². The van der Waals surface area contributed by atoms with Crippen LogP contribution in [-0.4, -0.2) is 11.9 Å². The molecule has 1 saturated carbocycles. The third-order valence-electron chi connectivity index (χ3n) is 3.02. The van der Waals surface area contributed by atoms with Crippen LogP contribution in [0.4, 0.5) is 0 Å². The first kappa shape index (κ1) is 10.5. The summed E-state index contributed by atoms with van der Waals surface area (Å²) >= 11 is 0. The average Bonchev–Trinajstić information content (AvgIpc) is 2.03. The van der Waals surface area contributed by atoms with Crippen molar-refractivity contribution < 1.29 is 4.79 Å². The summed E-state index contributed by atoms with van der Waals surface area (Å²) in [6, 6.07) is -0.0137. The summed E-state index contributed by atoms with van der Waals surface area (Å²) in [7, 11) is 0. The Morgan fingerprint density at radius 3 is 2.77 bits per heavy atom. The lowest BCUT2D eigenvalue weighted by atomic mass is 9.78. The van der Waals surface area contributed by atoms with Crippen LogP contribution in [0.3, 0.4) is 0 Å². The molecular formula is C10H20N2O. The molecule has 0 spiro atoms. The highest BCUT2D eigenvalue weighted by molar-refractivity contribution is 5.74. The molecule has 13 heavy (non-hydrogen) atoms. The molecule has 0 heterocycles. The van der Waals surface area contributed by atoms with Crippen LogP contribution < -0.4 is 11.5 Å². The maximum absolute atomic E-state index is 10.7. The second-order valence-electron chi connectivity index (χ2n) is 4.37. The van der Waals surface area contributed by atoms with E-state index in [0.29, 0.717) is 12.3 Å². The van der Waals surface area contributed by atoms with Crippen molar-refractivity contribution in [3.8, 4) is 0 Å². The van der Waals surface area contributed by atoms with Gasteiger partial charge in [0.1, 0.15) is 0 Å². The van der Waals surface area contributed by atoms with E-state index in [1.165, 1.54) is 19.3 Å². The van der Waals surface area contributed by atoms with Gasteiger partial charge in [-0.3, -0.25) is 4.79 Å². The molecule has 1 amide bonds. The highest BCUT2D eigenvalue weighted by Crippen LogP contribution is 2.30. The van der Waals surface area contributed by atoms with E-state index in [1.807, 2.05) is 0 Å². The topological polar surface area (TPSA) is 69.1 Å². The molecule has 0 aromatic heterocycles. The van der Waals surface area contributed by atoms with E-state index in [1.54, 1.807) is 0 Å².